The lowest BCUT2D eigenvalue weighted by molar-refractivity contribution is -0.146. The maximum atomic E-state index is 11.3. The van der Waals surface area contributed by atoms with Gasteiger partial charge in [0.15, 0.2) is 6.10 Å². The van der Waals surface area contributed by atoms with Crippen LogP contribution in [0.25, 0.3) is 0 Å². The Balaban J connectivity index is 2.42. The van der Waals surface area contributed by atoms with Gasteiger partial charge in [0.25, 0.3) is 0 Å². The number of carboxylic acids is 1. The molecular formula is C10H13N3O4. The van der Waals surface area contributed by atoms with E-state index in [0.29, 0.717) is 5.69 Å². The maximum Gasteiger partial charge on any atom is 0.334 e. The van der Waals surface area contributed by atoms with Crippen molar-refractivity contribution in [2.75, 3.05) is 11.9 Å². The molecule has 1 rings (SSSR count). The van der Waals surface area contributed by atoms with Gasteiger partial charge in [-0.2, -0.15) is 0 Å². The first-order valence-electron chi connectivity index (χ1n) is 4.86. The zero-order valence-electron chi connectivity index (χ0n) is 9.17. The Labute approximate surface area is 97.5 Å². The van der Waals surface area contributed by atoms with Gasteiger partial charge in [-0.25, -0.2) is 9.59 Å². The largest absolute Gasteiger partial charge is 0.479 e. The van der Waals surface area contributed by atoms with Crippen LogP contribution < -0.4 is 10.6 Å². The van der Waals surface area contributed by atoms with Crippen molar-refractivity contribution in [3.63, 3.8) is 0 Å². The predicted molar refractivity (Wildman–Crippen MR) is 59.6 cm³/mol. The number of amides is 2. The van der Waals surface area contributed by atoms with Crippen LogP contribution in [0.1, 0.15) is 5.56 Å². The first kappa shape index (κ1) is 12.9. The summed E-state index contributed by atoms with van der Waals surface area (Å²) in [5, 5.41) is 22.0. The van der Waals surface area contributed by atoms with Gasteiger partial charge in [-0.05, 0) is 18.6 Å². The Morgan fingerprint density at radius 3 is 2.76 bits per heavy atom. The number of nitrogens with one attached hydrogen (secondary N) is 2. The fraction of sp³-hybridized carbons (Fsp3) is 0.300. The second kappa shape index (κ2) is 5.80. The zero-order valence-corrected chi connectivity index (χ0v) is 9.17. The van der Waals surface area contributed by atoms with Crippen molar-refractivity contribution < 1.29 is 19.8 Å². The molecule has 0 saturated heterocycles. The number of hydrogen-bond donors (Lipinski definition) is 4. The number of carbonyl (C=O) groups excluding carboxylic acids is 1. The summed E-state index contributed by atoms with van der Waals surface area (Å²) in [5.41, 5.74) is 1.38. The van der Waals surface area contributed by atoms with Crippen molar-refractivity contribution in [1.82, 2.24) is 10.3 Å². The number of anilines is 1. The average molecular weight is 239 g/mol. The summed E-state index contributed by atoms with van der Waals surface area (Å²) in [6, 6.07) is 1.11. The molecule has 1 aromatic heterocycles. The van der Waals surface area contributed by atoms with Crippen LogP contribution in [0, 0.1) is 6.92 Å². The van der Waals surface area contributed by atoms with E-state index < -0.39 is 18.1 Å². The SMILES string of the molecule is Cc1cncc(NC(=O)NC[C@H](O)C(=O)O)c1. The van der Waals surface area contributed by atoms with Crippen molar-refractivity contribution in [3.05, 3.63) is 24.0 Å². The number of aryl methyl sites for hydroxylation is 1. The van der Waals surface area contributed by atoms with Gasteiger partial charge in [-0.15, -0.1) is 0 Å². The van der Waals surface area contributed by atoms with E-state index in [1.165, 1.54) is 6.20 Å². The summed E-state index contributed by atoms with van der Waals surface area (Å²) in [5.74, 6) is -1.39. The van der Waals surface area contributed by atoms with E-state index in [9.17, 15) is 9.59 Å². The molecule has 17 heavy (non-hydrogen) atoms. The number of aliphatic carboxylic acids is 1. The lowest BCUT2D eigenvalue weighted by atomic mass is 10.3. The van der Waals surface area contributed by atoms with Gasteiger partial charge in [0.05, 0.1) is 18.4 Å². The molecule has 0 spiro atoms. The Bertz CT molecular complexity index is 422. The molecule has 1 atom stereocenters. The number of pyridine rings is 1. The quantitative estimate of drug-likeness (QED) is 0.589. The van der Waals surface area contributed by atoms with Crippen LogP contribution in [0.5, 0.6) is 0 Å². The standard InChI is InChI=1S/C10H13N3O4/c1-6-2-7(4-11-3-6)13-10(17)12-5-8(14)9(15)16/h2-4,8,14H,5H2,1H3,(H,15,16)(H2,12,13,17)/t8-/m0/s1. The lowest BCUT2D eigenvalue weighted by Crippen LogP contribution is -2.38. The molecule has 7 nitrogen and oxygen atoms in total. The van der Waals surface area contributed by atoms with E-state index in [1.54, 1.807) is 12.3 Å². The topological polar surface area (TPSA) is 112 Å². The molecule has 7 heteroatoms. The molecule has 0 aliphatic rings. The molecule has 0 saturated carbocycles. The van der Waals surface area contributed by atoms with E-state index in [1.807, 2.05) is 6.92 Å². The number of nitrogens with zero attached hydrogens (tertiary/aromatic N) is 1. The molecule has 0 aliphatic heterocycles. The Morgan fingerprint density at radius 1 is 1.47 bits per heavy atom. The fourth-order valence-electron chi connectivity index (χ4n) is 1.08. The van der Waals surface area contributed by atoms with E-state index >= 15 is 0 Å². The van der Waals surface area contributed by atoms with Gasteiger partial charge in [0.2, 0.25) is 0 Å². The normalized spacial score (nSPS) is 11.6. The number of aromatic nitrogens is 1. The maximum absolute atomic E-state index is 11.3. The van der Waals surface area contributed by atoms with Crippen LogP contribution in [0.15, 0.2) is 18.5 Å². The van der Waals surface area contributed by atoms with E-state index in [-0.39, 0.29) is 6.54 Å². The van der Waals surface area contributed by atoms with Crippen LogP contribution >= 0.6 is 0 Å². The first-order chi connectivity index (χ1) is 7.99. The molecule has 4 N–H and O–H groups in total. The molecule has 1 aromatic rings. The number of carboxylic acid groups (broad SMARTS) is 1. The van der Waals surface area contributed by atoms with Crippen LogP contribution in [0.2, 0.25) is 0 Å². The second-order valence-corrected chi connectivity index (χ2v) is 3.44. The summed E-state index contributed by atoms with van der Waals surface area (Å²) in [4.78, 5) is 25.5. The average Bonchev–Trinajstić information content (AvgIpc) is 2.25. The Hall–Kier alpha value is -2.15. The highest BCUT2D eigenvalue weighted by atomic mass is 16.4. The van der Waals surface area contributed by atoms with Crippen molar-refractivity contribution >= 4 is 17.7 Å². The van der Waals surface area contributed by atoms with Gasteiger partial charge < -0.3 is 20.8 Å². The van der Waals surface area contributed by atoms with Gasteiger partial charge in [0.1, 0.15) is 0 Å². The summed E-state index contributed by atoms with van der Waals surface area (Å²) in [7, 11) is 0. The predicted octanol–water partition coefficient (Wildman–Crippen LogP) is -0.0430. The van der Waals surface area contributed by atoms with Crippen LogP contribution in [0.4, 0.5) is 10.5 Å². The van der Waals surface area contributed by atoms with Crippen molar-refractivity contribution in [2.24, 2.45) is 0 Å². The minimum Gasteiger partial charge on any atom is -0.479 e. The monoisotopic (exact) mass is 239 g/mol. The van der Waals surface area contributed by atoms with E-state index in [2.05, 4.69) is 15.6 Å². The molecule has 0 unspecified atom stereocenters. The molecule has 2 amide bonds. The number of hydrogen-bond acceptors (Lipinski definition) is 4. The van der Waals surface area contributed by atoms with Gasteiger partial charge in [-0.1, -0.05) is 0 Å². The molecule has 1 heterocycles. The molecule has 0 bridgehead atoms. The lowest BCUT2D eigenvalue weighted by Gasteiger charge is -2.09. The number of aliphatic hydroxyl groups is 1. The first-order valence-corrected chi connectivity index (χ1v) is 4.86. The third-order valence-corrected chi connectivity index (χ3v) is 1.87. The van der Waals surface area contributed by atoms with Gasteiger partial charge in [0, 0.05) is 6.20 Å². The molecule has 0 aromatic carbocycles. The third-order valence-electron chi connectivity index (χ3n) is 1.87. The zero-order chi connectivity index (χ0) is 12.8. The summed E-state index contributed by atoms with van der Waals surface area (Å²) in [6.07, 6.45) is 1.48. The van der Waals surface area contributed by atoms with Gasteiger partial charge >= 0.3 is 12.0 Å². The van der Waals surface area contributed by atoms with E-state index in [4.69, 9.17) is 10.2 Å². The third kappa shape index (κ3) is 4.47. The molecule has 0 aliphatic carbocycles. The highest BCUT2D eigenvalue weighted by molar-refractivity contribution is 5.89. The van der Waals surface area contributed by atoms with Crippen LogP contribution in [0.3, 0.4) is 0 Å². The summed E-state index contributed by atoms with van der Waals surface area (Å²) < 4.78 is 0. The minimum atomic E-state index is -1.61. The van der Waals surface area contributed by atoms with Crippen LogP contribution in [-0.2, 0) is 4.79 Å². The number of urea groups is 1. The highest BCUT2D eigenvalue weighted by Crippen LogP contribution is 2.06. The highest BCUT2D eigenvalue weighted by Gasteiger charge is 2.13. The van der Waals surface area contributed by atoms with Crippen molar-refractivity contribution in [1.29, 1.82) is 0 Å². The molecule has 0 radical (unpaired) electrons. The van der Waals surface area contributed by atoms with Crippen LogP contribution in [-0.4, -0.2) is 39.8 Å². The van der Waals surface area contributed by atoms with E-state index in [0.717, 1.165) is 5.56 Å². The summed E-state index contributed by atoms with van der Waals surface area (Å²) >= 11 is 0. The van der Waals surface area contributed by atoms with Gasteiger partial charge in [-0.3, -0.25) is 4.98 Å². The Morgan fingerprint density at radius 2 is 2.18 bits per heavy atom. The second-order valence-electron chi connectivity index (χ2n) is 3.44. The smallest absolute Gasteiger partial charge is 0.334 e. The minimum absolute atomic E-state index is 0.361. The molecular weight excluding hydrogens is 226 g/mol. The fourth-order valence-corrected chi connectivity index (χ4v) is 1.08. The van der Waals surface area contributed by atoms with Crippen molar-refractivity contribution in [3.8, 4) is 0 Å². The summed E-state index contributed by atoms with van der Waals surface area (Å²) in [6.45, 7) is 1.46. The number of aliphatic hydroxyl groups excluding tert-OH is 1. The van der Waals surface area contributed by atoms with Crippen molar-refractivity contribution in [2.45, 2.75) is 13.0 Å². The molecule has 92 valence electrons. The molecule has 0 fully saturated rings. The number of carbonyl (C=O) groups is 2. The number of rotatable bonds is 4. The Kier molecular flexibility index (Phi) is 4.41.